The highest BCUT2D eigenvalue weighted by Crippen LogP contribution is 2.28. The zero-order valence-corrected chi connectivity index (χ0v) is 14.0. The number of benzene rings is 2. The Balaban J connectivity index is 1.65. The molecular formula is C21H15FN2O2. The number of rotatable bonds is 3. The Kier molecular flexibility index (Phi) is 3.97. The highest BCUT2D eigenvalue weighted by molar-refractivity contribution is 6.32. The van der Waals surface area contributed by atoms with E-state index < -0.39 is 0 Å². The number of anilines is 1. The van der Waals surface area contributed by atoms with Crippen molar-refractivity contribution >= 4 is 23.4 Å². The quantitative estimate of drug-likeness (QED) is 0.634. The van der Waals surface area contributed by atoms with Crippen molar-refractivity contribution in [1.82, 2.24) is 0 Å². The molecule has 0 unspecified atom stereocenters. The van der Waals surface area contributed by atoms with Crippen LogP contribution in [0, 0.1) is 5.82 Å². The second-order valence-electron chi connectivity index (χ2n) is 5.88. The average Bonchev–Trinajstić information content (AvgIpc) is 3.23. The SMILES string of the molecule is CC1=NN(c2ccccc2)C(=O)/C1=C\c1ccc(-c2ccccc2F)o1. The van der Waals surface area contributed by atoms with Gasteiger partial charge in [0, 0.05) is 0 Å². The molecule has 0 radical (unpaired) electrons. The number of hydrazone groups is 1. The first-order valence-corrected chi connectivity index (χ1v) is 8.15. The molecule has 0 bridgehead atoms. The van der Waals surface area contributed by atoms with Gasteiger partial charge in [0.05, 0.1) is 22.5 Å². The number of halogens is 1. The fourth-order valence-electron chi connectivity index (χ4n) is 2.81. The van der Waals surface area contributed by atoms with Crippen molar-refractivity contribution in [2.75, 3.05) is 5.01 Å². The third kappa shape index (κ3) is 2.84. The molecule has 1 aliphatic rings. The molecule has 0 N–H and O–H groups in total. The minimum absolute atomic E-state index is 0.224. The van der Waals surface area contributed by atoms with Crippen LogP contribution in [0.3, 0.4) is 0 Å². The first-order valence-electron chi connectivity index (χ1n) is 8.15. The van der Waals surface area contributed by atoms with E-state index in [2.05, 4.69) is 5.10 Å². The van der Waals surface area contributed by atoms with Crippen molar-refractivity contribution in [3.05, 3.63) is 83.9 Å². The van der Waals surface area contributed by atoms with Crippen LogP contribution >= 0.6 is 0 Å². The standard InChI is InChI=1S/C21H15FN2O2/c1-14-18(21(25)24(23-14)15-7-3-2-4-8-15)13-16-11-12-20(26-16)17-9-5-6-10-19(17)22/h2-13H,1H3/b18-13-. The molecule has 0 fully saturated rings. The summed E-state index contributed by atoms with van der Waals surface area (Å²) >= 11 is 0. The molecule has 4 nitrogen and oxygen atoms in total. The number of furan rings is 1. The van der Waals surface area contributed by atoms with Gasteiger partial charge in [0.1, 0.15) is 17.3 Å². The largest absolute Gasteiger partial charge is 0.457 e. The molecule has 1 aromatic heterocycles. The number of para-hydroxylation sites is 1. The second kappa shape index (κ2) is 6.44. The van der Waals surface area contributed by atoms with Crippen LogP contribution < -0.4 is 5.01 Å². The molecule has 26 heavy (non-hydrogen) atoms. The molecule has 0 spiro atoms. The summed E-state index contributed by atoms with van der Waals surface area (Å²) in [6.07, 6.45) is 1.63. The van der Waals surface area contributed by atoms with E-state index in [0.29, 0.717) is 34.1 Å². The first-order chi connectivity index (χ1) is 12.6. The van der Waals surface area contributed by atoms with Crippen molar-refractivity contribution in [1.29, 1.82) is 0 Å². The summed E-state index contributed by atoms with van der Waals surface area (Å²) in [5.41, 5.74) is 2.13. The van der Waals surface area contributed by atoms with Gasteiger partial charge in [-0.15, -0.1) is 0 Å². The maximum Gasteiger partial charge on any atom is 0.280 e. The van der Waals surface area contributed by atoms with Gasteiger partial charge in [-0.05, 0) is 49.4 Å². The number of carbonyl (C=O) groups excluding carboxylic acids is 1. The van der Waals surface area contributed by atoms with Crippen LogP contribution in [0.2, 0.25) is 0 Å². The fraction of sp³-hybridized carbons (Fsp3) is 0.0476. The van der Waals surface area contributed by atoms with Gasteiger partial charge in [0.2, 0.25) is 0 Å². The van der Waals surface area contributed by atoms with Crippen LogP contribution in [0.5, 0.6) is 0 Å². The Bertz CT molecular complexity index is 1030. The van der Waals surface area contributed by atoms with Crippen molar-refractivity contribution < 1.29 is 13.6 Å². The van der Waals surface area contributed by atoms with Crippen molar-refractivity contribution in [3.63, 3.8) is 0 Å². The van der Waals surface area contributed by atoms with E-state index in [0.717, 1.165) is 0 Å². The Morgan fingerprint density at radius 2 is 1.73 bits per heavy atom. The van der Waals surface area contributed by atoms with E-state index in [1.165, 1.54) is 11.1 Å². The molecule has 128 valence electrons. The molecule has 0 saturated heterocycles. The van der Waals surface area contributed by atoms with Gasteiger partial charge in [0.25, 0.3) is 5.91 Å². The molecule has 2 heterocycles. The normalized spacial score (nSPS) is 15.6. The average molecular weight is 346 g/mol. The molecule has 3 aromatic rings. The number of carbonyl (C=O) groups is 1. The van der Waals surface area contributed by atoms with Crippen LogP contribution in [0.15, 0.2) is 81.8 Å². The predicted molar refractivity (Wildman–Crippen MR) is 99.1 cm³/mol. The highest BCUT2D eigenvalue weighted by Gasteiger charge is 2.28. The predicted octanol–water partition coefficient (Wildman–Crippen LogP) is 4.89. The van der Waals surface area contributed by atoms with E-state index in [4.69, 9.17) is 4.42 Å². The zero-order chi connectivity index (χ0) is 18.1. The van der Waals surface area contributed by atoms with E-state index >= 15 is 0 Å². The summed E-state index contributed by atoms with van der Waals surface area (Å²) in [5, 5.41) is 5.69. The minimum Gasteiger partial charge on any atom is -0.457 e. The van der Waals surface area contributed by atoms with Gasteiger partial charge in [-0.3, -0.25) is 4.79 Å². The van der Waals surface area contributed by atoms with Crippen LogP contribution in [-0.2, 0) is 4.79 Å². The lowest BCUT2D eigenvalue weighted by Gasteiger charge is -2.10. The molecule has 4 rings (SSSR count). The van der Waals surface area contributed by atoms with Crippen molar-refractivity contribution in [3.8, 4) is 11.3 Å². The third-order valence-electron chi connectivity index (χ3n) is 4.12. The highest BCUT2D eigenvalue weighted by atomic mass is 19.1. The van der Waals surface area contributed by atoms with E-state index in [-0.39, 0.29) is 11.7 Å². The lowest BCUT2D eigenvalue weighted by molar-refractivity contribution is -0.114. The monoisotopic (exact) mass is 346 g/mol. The summed E-state index contributed by atoms with van der Waals surface area (Å²) in [5.74, 6) is 0.300. The van der Waals surface area contributed by atoms with E-state index in [1.807, 2.05) is 30.3 Å². The molecule has 1 amide bonds. The molecule has 0 saturated carbocycles. The lowest BCUT2D eigenvalue weighted by atomic mass is 10.1. The molecule has 5 heteroatoms. The number of nitrogens with zero attached hydrogens (tertiary/aromatic N) is 2. The third-order valence-corrected chi connectivity index (χ3v) is 4.12. The molecule has 2 aromatic carbocycles. The number of hydrogen-bond acceptors (Lipinski definition) is 3. The lowest BCUT2D eigenvalue weighted by Crippen LogP contribution is -2.21. The Hall–Kier alpha value is -3.47. The van der Waals surface area contributed by atoms with Gasteiger partial charge in [-0.1, -0.05) is 30.3 Å². The fourth-order valence-corrected chi connectivity index (χ4v) is 2.81. The molecule has 0 aliphatic carbocycles. The molecular weight excluding hydrogens is 331 g/mol. The summed E-state index contributed by atoms with van der Waals surface area (Å²) in [6, 6.07) is 19.0. The summed E-state index contributed by atoms with van der Waals surface area (Å²) in [7, 11) is 0. The Morgan fingerprint density at radius 1 is 1.00 bits per heavy atom. The summed E-state index contributed by atoms with van der Waals surface area (Å²) < 4.78 is 19.6. The van der Waals surface area contributed by atoms with Crippen molar-refractivity contribution in [2.24, 2.45) is 5.10 Å². The van der Waals surface area contributed by atoms with Crippen LogP contribution in [0.4, 0.5) is 10.1 Å². The maximum absolute atomic E-state index is 13.9. The maximum atomic E-state index is 13.9. The van der Waals surface area contributed by atoms with E-state index in [1.54, 1.807) is 43.3 Å². The number of amides is 1. The van der Waals surface area contributed by atoms with Crippen LogP contribution in [0.1, 0.15) is 12.7 Å². The van der Waals surface area contributed by atoms with Gasteiger partial charge in [0.15, 0.2) is 0 Å². The van der Waals surface area contributed by atoms with Gasteiger partial charge >= 0.3 is 0 Å². The number of hydrogen-bond donors (Lipinski definition) is 0. The summed E-state index contributed by atoms with van der Waals surface area (Å²) in [6.45, 7) is 1.77. The van der Waals surface area contributed by atoms with Gasteiger partial charge < -0.3 is 4.42 Å². The van der Waals surface area contributed by atoms with E-state index in [9.17, 15) is 9.18 Å². The van der Waals surface area contributed by atoms with Crippen molar-refractivity contribution in [2.45, 2.75) is 6.92 Å². The Labute approximate surface area is 149 Å². The van der Waals surface area contributed by atoms with Crippen LogP contribution in [-0.4, -0.2) is 11.6 Å². The molecule has 0 atom stereocenters. The van der Waals surface area contributed by atoms with Gasteiger partial charge in [-0.25, -0.2) is 4.39 Å². The van der Waals surface area contributed by atoms with Gasteiger partial charge in [-0.2, -0.15) is 10.1 Å². The zero-order valence-electron chi connectivity index (χ0n) is 14.0. The minimum atomic E-state index is -0.356. The second-order valence-corrected chi connectivity index (χ2v) is 5.88. The first kappa shape index (κ1) is 16.0. The smallest absolute Gasteiger partial charge is 0.280 e. The Morgan fingerprint density at radius 3 is 2.50 bits per heavy atom. The molecule has 1 aliphatic heterocycles. The summed E-state index contributed by atoms with van der Waals surface area (Å²) in [4.78, 5) is 12.7. The van der Waals surface area contributed by atoms with Crippen LogP contribution in [0.25, 0.3) is 17.4 Å². The topological polar surface area (TPSA) is 45.8 Å².